The van der Waals surface area contributed by atoms with Crippen molar-refractivity contribution in [1.82, 2.24) is 4.90 Å². The molecule has 2 atom stereocenters. The maximum absolute atomic E-state index is 12.6. The third kappa shape index (κ3) is 3.48. The Morgan fingerprint density at radius 3 is 2.46 bits per heavy atom. The molecule has 28 heavy (non-hydrogen) atoms. The predicted molar refractivity (Wildman–Crippen MR) is 110 cm³/mol. The molecule has 1 aliphatic heterocycles. The van der Waals surface area contributed by atoms with Crippen LogP contribution in [0.3, 0.4) is 0 Å². The summed E-state index contributed by atoms with van der Waals surface area (Å²) in [6.45, 7) is 2.29. The number of methoxy groups -OCH3 is 2. The van der Waals surface area contributed by atoms with Crippen molar-refractivity contribution in [1.29, 1.82) is 0 Å². The van der Waals surface area contributed by atoms with Crippen LogP contribution in [-0.2, 0) is 16.1 Å². The maximum atomic E-state index is 12.6. The molecule has 0 saturated carbocycles. The summed E-state index contributed by atoms with van der Waals surface area (Å²) in [7, 11) is 3.16. The average Bonchev–Trinajstić information content (AvgIpc) is 3.16. The lowest BCUT2D eigenvalue weighted by atomic mass is 9.85. The van der Waals surface area contributed by atoms with Gasteiger partial charge in [0.15, 0.2) is 0 Å². The van der Waals surface area contributed by atoms with E-state index in [9.17, 15) is 4.79 Å². The van der Waals surface area contributed by atoms with Gasteiger partial charge in [-0.25, -0.2) is 0 Å². The lowest BCUT2D eigenvalue weighted by Crippen LogP contribution is -2.24. The van der Waals surface area contributed by atoms with Gasteiger partial charge in [0.2, 0.25) is 0 Å². The molecule has 3 aromatic carbocycles. The van der Waals surface area contributed by atoms with Crippen molar-refractivity contribution in [3.63, 3.8) is 0 Å². The number of esters is 1. The van der Waals surface area contributed by atoms with Crippen molar-refractivity contribution in [2.75, 3.05) is 27.3 Å². The summed E-state index contributed by atoms with van der Waals surface area (Å²) in [6.07, 6.45) is 0. The SMILES string of the molecule is COC(=O)[C@@H]1CN(Cc2ccccc2)C[C@H]1c1c(OC)ccc2ccccc12. The fraction of sp³-hybridized carbons (Fsp3) is 0.292. The first-order valence-electron chi connectivity index (χ1n) is 9.61. The molecular weight excluding hydrogens is 350 g/mol. The maximum Gasteiger partial charge on any atom is 0.310 e. The molecule has 0 aliphatic carbocycles. The molecule has 0 amide bonds. The van der Waals surface area contributed by atoms with E-state index < -0.39 is 0 Å². The van der Waals surface area contributed by atoms with Crippen LogP contribution in [0.1, 0.15) is 17.0 Å². The Hall–Kier alpha value is -2.85. The third-order valence-electron chi connectivity index (χ3n) is 5.67. The Bertz CT molecular complexity index is 970. The monoisotopic (exact) mass is 375 g/mol. The molecule has 144 valence electrons. The molecule has 0 bridgehead atoms. The highest BCUT2D eigenvalue weighted by atomic mass is 16.5. The molecule has 0 unspecified atom stereocenters. The van der Waals surface area contributed by atoms with E-state index in [-0.39, 0.29) is 17.8 Å². The average molecular weight is 375 g/mol. The Morgan fingerprint density at radius 2 is 1.71 bits per heavy atom. The van der Waals surface area contributed by atoms with E-state index >= 15 is 0 Å². The second-order valence-corrected chi connectivity index (χ2v) is 7.32. The number of fused-ring (bicyclic) bond motifs is 1. The first-order chi connectivity index (χ1) is 13.7. The fourth-order valence-corrected chi connectivity index (χ4v) is 4.37. The molecule has 3 aromatic rings. The zero-order chi connectivity index (χ0) is 19.5. The van der Waals surface area contributed by atoms with Gasteiger partial charge in [-0.3, -0.25) is 9.69 Å². The summed E-state index contributed by atoms with van der Waals surface area (Å²) in [6, 6.07) is 22.7. The second-order valence-electron chi connectivity index (χ2n) is 7.32. The largest absolute Gasteiger partial charge is 0.496 e. The van der Waals surface area contributed by atoms with E-state index in [2.05, 4.69) is 47.4 Å². The van der Waals surface area contributed by atoms with Crippen molar-refractivity contribution in [3.8, 4) is 5.75 Å². The Morgan fingerprint density at radius 1 is 0.964 bits per heavy atom. The lowest BCUT2D eigenvalue weighted by Gasteiger charge is -2.21. The molecule has 4 rings (SSSR count). The van der Waals surface area contributed by atoms with Crippen LogP contribution >= 0.6 is 0 Å². The molecule has 1 fully saturated rings. The number of carbonyl (C=O) groups is 1. The molecule has 4 nitrogen and oxygen atoms in total. The molecule has 1 aliphatic rings. The van der Waals surface area contributed by atoms with Crippen LogP contribution < -0.4 is 4.74 Å². The van der Waals surface area contributed by atoms with Crippen molar-refractivity contribution in [3.05, 3.63) is 77.9 Å². The zero-order valence-corrected chi connectivity index (χ0v) is 16.3. The van der Waals surface area contributed by atoms with Crippen molar-refractivity contribution < 1.29 is 14.3 Å². The lowest BCUT2D eigenvalue weighted by molar-refractivity contribution is -0.145. The van der Waals surface area contributed by atoms with Gasteiger partial charge in [0, 0.05) is 31.1 Å². The number of carbonyl (C=O) groups excluding carboxylic acids is 1. The zero-order valence-electron chi connectivity index (χ0n) is 16.3. The Kier molecular flexibility index (Phi) is 5.31. The molecule has 0 aromatic heterocycles. The van der Waals surface area contributed by atoms with E-state index in [0.717, 1.165) is 35.2 Å². The van der Waals surface area contributed by atoms with E-state index in [0.29, 0.717) is 6.54 Å². The summed E-state index contributed by atoms with van der Waals surface area (Å²) in [5.74, 6) is 0.486. The molecule has 1 saturated heterocycles. The van der Waals surface area contributed by atoms with Gasteiger partial charge in [-0.1, -0.05) is 60.7 Å². The molecule has 4 heteroatoms. The van der Waals surface area contributed by atoms with Gasteiger partial charge in [0.05, 0.1) is 20.1 Å². The number of benzene rings is 3. The van der Waals surface area contributed by atoms with Crippen molar-refractivity contribution >= 4 is 16.7 Å². The second kappa shape index (κ2) is 8.03. The van der Waals surface area contributed by atoms with Gasteiger partial charge in [0.25, 0.3) is 0 Å². The van der Waals surface area contributed by atoms with Gasteiger partial charge in [-0.05, 0) is 22.4 Å². The smallest absolute Gasteiger partial charge is 0.310 e. The van der Waals surface area contributed by atoms with Gasteiger partial charge in [-0.2, -0.15) is 0 Å². The number of rotatable bonds is 5. The van der Waals surface area contributed by atoms with Crippen molar-refractivity contribution in [2.45, 2.75) is 12.5 Å². The minimum atomic E-state index is -0.214. The highest BCUT2D eigenvalue weighted by molar-refractivity contribution is 5.89. The van der Waals surface area contributed by atoms with Crippen LogP contribution in [0, 0.1) is 5.92 Å². The number of ether oxygens (including phenoxy) is 2. The fourth-order valence-electron chi connectivity index (χ4n) is 4.37. The standard InChI is InChI=1S/C24H25NO3/c1-27-22-13-12-18-10-6-7-11-19(18)23(22)20-15-25(16-21(20)24(26)28-2)14-17-8-4-3-5-9-17/h3-13,20-21H,14-16H2,1-2H3/t20-,21-/m1/s1. The van der Waals surface area contributed by atoms with Gasteiger partial charge < -0.3 is 9.47 Å². The first kappa shape index (κ1) is 18.5. The Balaban J connectivity index is 1.74. The number of likely N-dealkylation sites (tertiary alicyclic amines) is 1. The normalized spacial score (nSPS) is 19.6. The van der Waals surface area contributed by atoms with E-state index in [1.807, 2.05) is 24.3 Å². The molecular formula is C24H25NO3. The van der Waals surface area contributed by atoms with E-state index in [1.54, 1.807) is 7.11 Å². The number of nitrogens with zero attached hydrogens (tertiary/aromatic N) is 1. The summed E-state index contributed by atoms with van der Waals surface area (Å²) in [5.41, 5.74) is 2.35. The first-order valence-corrected chi connectivity index (χ1v) is 9.61. The van der Waals surface area contributed by atoms with E-state index in [1.165, 1.54) is 12.7 Å². The van der Waals surface area contributed by atoms with Crippen LogP contribution in [0.5, 0.6) is 5.75 Å². The van der Waals surface area contributed by atoms with Crippen LogP contribution in [0.15, 0.2) is 66.7 Å². The molecule has 0 radical (unpaired) electrons. The van der Waals surface area contributed by atoms with Crippen LogP contribution in [0.4, 0.5) is 0 Å². The van der Waals surface area contributed by atoms with Crippen LogP contribution in [-0.4, -0.2) is 38.2 Å². The summed E-state index contributed by atoms with van der Waals surface area (Å²) in [4.78, 5) is 15.0. The minimum Gasteiger partial charge on any atom is -0.496 e. The molecule has 0 spiro atoms. The topological polar surface area (TPSA) is 38.8 Å². The van der Waals surface area contributed by atoms with Crippen LogP contribution in [0.2, 0.25) is 0 Å². The summed E-state index contributed by atoms with van der Waals surface area (Å²) in [5, 5.41) is 2.30. The highest BCUT2D eigenvalue weighted by Gasteiger charge is 2.41. The molecule has 0 N–H and O–H groups in total. The number of hydrogen-bond donors (Lipinski definition) is 0. The summed E-state index contributed by atoms with van der Waals surface area (Å²) >= 11 is 0. The van der Waals surface area contributed by atoms with Gasteiger partial charge in [-0.15, -0.1) is 0 Å². The number of hydrogen-bond acceptors (Lipinski definition) is 4. The predicted octanol–water partition coefficient (Wildman–Crippen LogP) is 4.24. The highest BCUT2D eigenvalue weighted by Crippen LogP contribution is 2.42. The quantitative estimate of drug-likeness (QED) is 0.626. The van der Waals surface area contributed by atoms with E-state index in [4.69, 9.17) is 9.47 Å². The van der Waals surface area contributed by atoms with Gasteiger partial charge in [0.1, 0.15) is 5.75 Å². The van der Waals surface area contributed by atoms with Crippen LogP contribution in [0.25, 0.3) is 10.8 Å². The Labute approximate surface area is 165 Å². The molecule has 1 heterocycles. The third-order valence-corrected chi connectivity index (χ3v) is 5.67. The minimum absolute atomic E-state index is 0.0252. The van der Waals surface area contributed by atoms with Crippen molar-refractivity contribution in [2.24, 2.45) is 5.92 Å². The summed E-state index contributed by atoms with van der Waals surface area (Å²) < 4.78 is 10.9. The van der Waals surface area contributed by atoms with Gasteiger partial charge >= 0.3 is 5.97 Å².